The maximum atomic E-state index is 14.4. The molecule has 0 saturated heterocycles. The fraction of sp³-hybridized carbons (Fsp3) is 0.150. The first kappa shape index (κ1) is 109. The van der Waals surface area contributed by atoms with E-state index in [1.54, 1.807) is 43.1 Å². The van der Waals surface area contributed by atoms with Crippen LogP contribution in [0.2, 0.25) is 19.6 Å². The summed E-state index contributed by atoms with van der Waals surface area (Å²) in [6, 6.07) is 134. The van der Waals surface area contributed by atoms with Gasteiger partial charge in [0.25, 0.3) is 0 Å². The van der Waals surface area contributed by atoms with E-state index in [0.29, 0.717) is 51.8 Å². The zero-order valence-corrected chi connectivity index (χ0v) is 90.2. The summed E-state index contributed by atoms with van der Waals surface area (Å²) in [4.78, 5) is 55.5. The van der Waals surface area contributed by atoms with Crippen molar-refractivity contribution in [2.75, 3.05) is 0 Å². The van der Waals surface area contributed by atoms with E-state index in [1.165, 1.54) is 45.1 Å². The fourth-order valence-corrected chi connectivity index (χ4v) is 16.4. The number of nitrogens with zero attached hydrogens (tertiary/aromatic N) is 12. The van der Waals surface area contributed by atoms with Crippen LogP contribution in [0.3, 0.4) is 0 Å². The van der Waals surface area contributed by atoms with Crippen LogP contribution in [0.25, 0.3) is 158 Å². The summed E-state index contributed by atoms with van der Waals surface area (Å²) in [5.41, 5.74) is 21.8. The summed E-state index contributed by atoms with van der Waals surface area (Å²) in [5, 5.41) is 1.46. The molecular weight excluding hydrogens is 2200 g/mol. The summed E-state index contributed by atoms with van der Waals surface area (Å²) < 4.78 is 69.8. The number of aromatic nitrogens is 12. The van der Waals surface area contributed by atoms with E-state index in [-0.39, 0.29) is 67.4 Å². The van der Waals surface area contributed by atoms with Crippen molar-refractivity contribution in [2.24, 2.45) is 0 Å². The standard InChI is InChI=1S/C43H45N4Si.C40H32F5N4.4C11H8N.2Ir/c1-42(2,3)35-21-14-32(15-22-35)39-45-40(33-16-23-36(24-17-33)43(4,5)6)47-41(46-39)34-20-27-38(44-28-34)31-12-10-29(11-13-31)30-18-25-37(26-19-30)48(7,8)9;1-39(2,3)27-16-11-24(12-17-27)36-47-37(25-13-18-28(19-14-25)40(4,5)6)49-38(48-36)26-15-20-29(46-21-26)22-7-9-23(10-8-22)30-31(41)33(43)35(45)34(44)32(30)42;4*1-2-6-10(7-3-1)11-8-4-5-9-12-11;;/h10-12,14-28H,1-9H3;7,9-21H,1-6H3;4*1-6,8-9H;;/q6*-1;2*+3. The summed E-state index contributed by atoms with van der Waals surface area (Å²) in [5.74, 6) is -6.77. The molecule has 0 unspecified atom stereocenters. The van der Waals surface area contributed by atoms with Crippen LogP contribution < -0.4 is 5.19 Å². The molecule has 0 N–H and O–H groups in total. The van der Waals surface area contributed by atoms with Crippen LogP contribution in [0.15, 0.2) is 389 Å². The molecule has 0 aliphatic carbocycles. The van der Waals surface area contributed by atoms with Gasteiger partial charge in [-0.1, -0.05) is 319 Å². The van der Waals surface area contributed by atoms with Crippen LogP contribution in [-0.4, -0.2) is 67.9 Å². The normalized spacial score (nSPS) is 11.2. The van der Waals surface area contributed by atoms with E-state index in [2.05, 4.69) is 279 Å². The fourth-order valence-electron chi connectivity index (χ4n) is 15.2. The van der Waals surface area contributed by atoms with Crippen LogP contribution in [0.5, 0.6) is 0 Å². The maximum absolute atomic E-state index is 14.4. The van der Waals surface area contributed by atoms with E-state index in [4.69, 9.17) is 34.9 Å². The molecule has 0 saturated carbocycles. The molecule has 0 spiro atoms. The van der Waals surface area contributed by atoms with E-state index in [1.807, 2.05) is 212 Å². The number of hydrogen-bond donors (Lipinski definition) is 0. The number of rotatable bonds is 15. The molecule has 0 aliphatic rings. The first-order chi connectivity index (χ1) is 69.6. The summed E-state index contributed by atoms with van der Waals surface area (Å²) >= 11 is 0. The largest absolute Gasteiger partial charge is 3.00 e. The molecule has 0 radical (unpaired) electrons. The van der Waals surface area contributed by atoms with Crippen molar-refractivity contribution in [3.63, 3.8) is 0 Å². The Bertz CT molecular complexity index is 6960. The van der Waals surface area contributed by atoms with Crippen molar-refractivity contribution in [3.8, 4) is 158 Å². The molecule has 12 aromatic carbocycles. The average molecular weight is 2310 g/mol. The molecule has 12 nitrogen and oxygen atoms in total. The van der Waals surface area contributed by atoms with Gasteiger partial charge < -0.3 is 29.9 Å². The van der Waals surface area contributed by atoms with E-state index in [9.17, 15) is 22.0 Å². The van der Waals surface area contributed by atoms with Crippen molar-refractivity contribution in [1.82, 2.24) is 59.8 Å². The Balaban J connectivity index is 0.000000167. The second-order valence-corrected chi connectivity index (χ2v) is 44.6. The van der Waals surface area contributed by atoms with Crippen LogP contribution >= 0.6 is 0 Å². The first-order valence-corrected chi connectivity index (χ1v) is 51.2. The van der Waals surface area contributed by atoms with Crippen LogP contribution in [0, 0.1) is 65.5 Å². The van der Waals surface area contributed by atoms with E-state index < -0.39 is 42.7 Å². The van der Waals surface area contributed by atoms with Gasteiger partial charge in [-0.25, -0.2) is 51.9 Å². The predicted molar refractivity (Wildman–Crippen MR) is 579 cm³/mol. The predicted octanol–water partition coefficient (Wildman–Crippen LogP) is 31.4. The Hall–Kier alpha value is -15.3. The van der Waals surface area contributed by atoms with Crippen LogP contribution in [-0.2, 0) is 61.9 Å². The molecule has 0 amide bonds. The molecule has 20 rings (SSSR count). The van der Waals surface area contributed by atoms with Gasteiger partial charge >= 0.3 is 40.2 Å². The molecule has 0 atom stereocenters. The average Bonchev–Trinajstić information content (AvgIpc) is 0.693. The quantitative estimate of drug-likeness (QED) is 0.0315. The van der Waals surface area contributed by atoms with Crippen molar-refractivity contribution >= 4 is 13.3 Å². The molecular formula is C127H109F5Ir2N12Si. The van der Waals surface area contributed by atoms with E-state index >= 15 is 0 Å². The summed E-state index contributed by atoms with van der Waals surface area (Å²) in [7, 11) is -1.33. The Kier molecular flexibility index (Phi) is 36.7. The number of benzene rings is 12. The molecule has 8 heterocycles. The van der Waals surface area contributed by atoms with Gasteiger partial charge in [0.1, 0.15) is 0 Å². The minimum absolute atomic E-state index is 0. The van der Waals surface area contributed by atoms with Gasteiger partial charge in [-0.05, 0) is 102 Å². The van der Waals surface area contributed by atoms with Crippen molar-refractivity contribution < 1.29 is 62.2 Å². The van der Waals surface area contributed by atoms with E-state index in [0.717, 1.165) is 95.7 Å². The summed E-state index contributed by atoms with van der Waals surface area (Å²) in [6.07, 6.45) is 10.6. The van der Waals surface area contributed by atoms with Gasteiger partial charge in [0.15, 0.2) is 64.0 Å². The minimum Gasteiger partial charge on any atom is -0.305 e. The number of halogens is 5. The van der Waals surface area contributed by atoms with Gasteiger partial charge in [0.05, 0.1) is 8.07 Å². The molecule has 0 aliphatic heterocycles. The minimum atomic E-state index is -2.21. The molecule has 147 heavy (non-hydrogen) atoms. The van der Waals surface area contributed by atoms with Crippen LogP contribution in [0.1, 0.15) is 105 Å². The van der Waals surface area contributed by atoms with Gasteiger partial charge in [0.2, 0.25) is 0 Å². The monoisotopic (exact) mass is 2310 g/mol. The number of hydrogen-bond acceptors (Lipinski definition) is 12. The smallest absolute Gasteiger partial charge is 0.305 e. The first-order valence-electron chi connectivity index (χ1n) is 47.7. The Morgan fingerprint density at radius 3 is 0.667 bits per heavy atom. The SMILES string of the molecule is CC(C)(C)c1ccc(-c2nc(-c3ccc(C(C)(C)C)cc3)nc(-c3ccc(-c4[c-]cc(-c5c(F)c(F)c(F)c(F)c5F)cc4)nc3)n2)cc1.CC(C)(C)c1ccc(-c2nc(-c3ccc(C(C)(C)C)cc3)nc(-c3ccc(-c4[c-]cc(-c5ccc([Si](C)(C)C)cc5)cc4)nc3)n2)cc1.[Ir+3].[Ir+3].[c-]1ccccc1-c1ccccn1.[c-]1ccccc1-c1ccccn1.[c-]1ccccc1-c1ccccn1.[c-]1ccccc1-c1ccccn1. The zero-order chi connectivity index (χ0) is 102. The molecule has 0 fully saturated rings. The van der Waals surface area contributed by atoms with Gasteiger partial charge in [-0.3, -0.25) is 0 Å². The zero-order valence-electron chi connectivity index (χ0n) is 84.4. The Morgan fingerprint density at radius 2 is 0.442 bits per heavy atom. The Morgan fingerprint density at radius 1 is 0.211 bits per heavy atom. The molecule has 8 aromatic heterocycles. The molecule has 0 bridgehead atoms. The van der Waals surface area contributed by atoms with Crippen molar-refractivity contribution in [3.05, 3.63) is 477 Å². The van der Waals surface area contributed by atoms with Crippen molar-refractivity contribution in [2.45, 2.75) is 124 Å². The van der Waals surface area contributed by atoms with Crippen molar-refractivity contribution in [1.29, 1.82) is 0 Å². The van der Waals surface area contributed by atoms with Gasteiger partial charge in [-0.15, -0.1) is 203 Å². The second kappa shape index (κ2) is 49.5. The third-order valence-electron chi connectivity index (χ3n) is 23.7. The second-order valence-electron chi connectivity index (χ2n) is 39.5. The molecule has 20 aromatic rings. The topological polar surface area (TPSA) is 155 Å². The molecule has 734 valence electrons. The maximum Gasteiger partial charge on any atom is 3.00 e. The molecule has 20 heteroatoms. The number of pyridine rings is 6. The van der Waals surface area contributed by atoms with Crippen LogP contribution in [0.4, 0.5) is 22.0 Å². The Labute approximate surface area is 887 Å². The third-order valence-corrected chi connectivity index (χ3v) is 25.8. The summed E-state index contributed by atoms with van der Waals surface area (Å²) in [6.45, 7) is 33.4. The van der Waals surface area contributed by atoms with Gasteiger partial charge in [0, 0.05) is 76.1 Å². The third kappa shape index (κ3) is 29.1. The van der Waals surface area contributed by atoms with Gasteiger partial charge in [-0.2, -0.15) is 0 Å².